The van der Waals surface area contributed by atoms with Gasteiger partial charge < -0.3 is 31.3 Å². The molecule has 1 fully saturated rings. The highest BCUT2D eigenvalue weighted by Crippen LogP contribution is 2.26. The van der Waals surface area contributed by atoms with Gasteiger partial charge in [0.1, 0.15) is 24.0 Å². The first kappa shape index (κ1) is 27.1. The van der Waals surface area contributed by atoms with Crippen LogP contribution < -0.4 is 21.7 Å². The maximum atomic E-state index is 14.5. The number of nitrogens with two attached hydrogens (primary N) is 1. The molecule has 1 aliphatic rings. The van der Waals surface area contributed by atoms with Crippen molar-refractivity contribution in [2.45, 2.75) is 39.2 Å². The number of ether oxygens (including phenoxy) is 1. The summed E-state index contributed by atoms with van der Waals surface area (Å²) >= 11 is 0. The van der Waals surface area contributed by atoms with Gasteiger partial charge in [0.15, 0.2) is 0 Å². The molecule has 10 nitrogen and oxygen atoms in total. The summed E-state index contributed by atoms with van der Waals surface area (Å²) in [6, 6.07) is 6.50. The maximum Gasteiger partial charge on any atom is 0.410 e. The average molecular weight is 499 g/mol. The first-order valence-corrected chi connectivity index (χ1v) is 12.3. The number of carbonyl (C=O) groups is 1. The van der Waals surface area contributed by atoms with Crippen molar-refractivity contribution in [3.63, 3.8) is 0 Å². The Hall–Kier alpha value is -3.49. The number of nitriles is 1. The van der Waals surface area contributed by atoms with Crippen LogP contribution in [-0.4, -0.2) is 66.3 Å². The molecular formula is C25H35FN8O2. The van der Waals surface area contributed by atoms with Crippen molar-refractivity contribution in [3.05, 3.63) is 41.6 Å². The van der Waals surface area contributed by atoms with E-state index in [0.29, 0.717) is 50.0 Å². The minimum absolute atomic E-state index is 0.103. The van der Waals surface area contributed by atoms with E-state index in [1.807, 2.05) is 19.9 Å². The summed E-state index contributed by atoms with van der Waals surface area (Å²) in [5.41, 5.74) is 7.27. The van der Waals surface area contributed by atoms with Gasteiger partial charge in [0.25, 0.3) is 0 Å². The molecule has 1 aromatic heterocycles. The smallest absolute Gasteiger partial charge is 0.410 e. The molecule has 11 heteroatoms. The van der Waals surface area contributed by atoms with Gasteiger partial charge in [-0.2, -0.15) is 5.26 Å². The number of rotatable bonds is 11. The minimum Gasteiger partial charge on any atom is -0.447 e. The molecular weight excluding hydrogens is 463 g/mol. The second kappa shape index (κ2) is 13.6. The quantitative estimate of drug-likeness (QED) is 0.344. The molecule has 36 heavy (non-hydrogen) atoms. The zero-order valence-electron chi connectivity index (χ0n) is 20.9. The third-order valence-electron chi connectivity index (χ3n) is 5.87. The summed E-state index contributed by atoms with van der Waals surface area (Å²) < 4.78 is 19.8. The normalized spacial score (nSPS) is 13.9. The van der Waals surface area contributed by atoms with Crippen molar-refractivity contribution in [1.29, 1.82) is 5.26 Å². The molecule has 0 atom stereocenters. The van der Waals surface area contributed by atoms with Crippen LogP contribution >= 0.6 is 0 Å². The predicted octanol–water partition coefficient (Wildman–Crippen LogP) is 2.99. The number of likely N-dealkylation sites (tertiary alicyclic amines) is 1. The Balaban J connectivity index is 1.47. The monoisotopic (exact) mass is 498 g/mol. The average Bonchev–Trinajstić information content (AvgIpc) is 2.87. The SMILES string of the molecule is CC(C)OC(=O)N1CCC(CNCCc2cc(Nc3cc(NCCN)c(C#N)cc3F)ncn2)CC1. The van der Waals surface area contributed by atoms with Gasteiger partial charge in [0, 0.05) is 50.9 Å². The Labute approximate surface area is 211 Å². The number of piperidine rings is 1. The second-order valence-electron chi connectivity index (χ2n) is 9.04. The molecule has 0 radical (unpaired) electrons. The number of benzene rings is 1. The van der Waals surface area contributed by atoms with Crippen LogP contribution in [0.15, 0.2) is 24.5 Å². The first-order chi connectivity index (χ1) is 17.4. The van der Waals surface area contributed by atoms with Gasteiger partial charge in [0.2, 0.25) is 0 Å². The summed E-state index contributed by atoms with van der Waals surface area (Å²) in [5.74, 6) is 0.432. The lowest BCUT2D eigenvalue weighted by atomic mass is 9.97. The summed E-state index contributed by atoms with van der Waals surface area (Å²) in [5, 5.41) is 18.7. The van der Waals surface area contributed by atoms with Gasteiger partial charge in [0.05, 0.1) is 23.0 Å². The van der Waals surface area contributed by atoms with Crippen LogP contribution in [0.3, 0.4) is 0 Å². The van der Waals surface area contributed by atoms with E-state index >= 15 is 0 Å². The molecule has 0 saturated carbocycles. The van der Waals surface area contributed by atoms with Crippen LogP contribution in [0.2, 0.25) is 0 Å². The van der Waals surface area contributed by atoms with Crippen molar-refractivity contribution in [1.82, 2.24) is 20.2 Å². The topological polar surface area (TPSA) is 141 Å². The minimum atomic E-state index is -0.546. The number of hydrogen-bond donors (Lipinski definition) is 4. The van der Waals surface area contributed by atoms with Gasteiger partial charge in [-0.05, 0) is 51.3 Å². The Morgan fingerprint density at radius 2 is 2.03 bits per heavy atom. The molecule has 194 valence electrons. The maximum absolute atomic E-state index is 14.5. The van der Waals surface area contributed by atoms with Crippen molar-refractivity contribution in [3.8, 4) is 6.07 Å². The van der Waals surface area contributed by atoms with Crippen molar-refractivity contribution in [2.75, 3.05) is 49.9 Å². The summed E-state index contributed by atoms with van der Waals surface area (Å²) in [7, 11) is 0. The molecule has 2 aromatic rings. The molecule has 0 bridgehead atoms. The number of hydrogen-bond acceptors (Lipinski definition) is 9. The number of halogens is 1. The molecule has 2 heterocycles. The van der Waals surface area contributed by atoms with Crippen molar-refractivity contribution < 1.29 is 13.9 Å². The van der Waals surface area contributed by atoms with Crippen LogP contribution in [0.5, 0.6) is 0 Å². The summed E-state index contributed by atoms with van der Waals surface area (Å²) in [6.07, 6.45) is 3.69. The van der Waals surface area contributed by atoms with Crippen LogP contribution in [-0.2, 0) is 11.2 Å². The summed E-state index contributed by atoms with van der Waals surface area (Å²) in [4.78, 5) is 22.3. The molecule has 0 unspecified atom stereocenters. The molecule has 1 aromatic carbocycles. The molecule has 3 rings (SSSR count). The molecule has 1 aliphatic heterocycles. The standard InChI is InChI=1S/C25H35FN8O2/c1-17(2)36-25(35)34-9-4-18(5-10-34)15-29-7-3-20-12-24(32-16-31-20)33-23-13-22(30-8-6-27)19(14-28)11-21(23)26/h11-13,16-18,29-30H,3-10,15,27H2,1-2H3,(H,31,32,33). The number of aromatic nitrogens is 2. The van der Waals surface area contributed by atoms with E-state index in [2.05, 4.69) is 25.9 Å². The molecule has 0 spiro atoms. The highest BCUT2D eigenvalue weighted by molar-refractivity contribution is 5.69. The fourth-order valence-electron chi connectivity index (χ4n) is 3.97. The van der Waals surface area contributed by atoms with Crippen LogP contribution in [0, 0.1) is 23.1 Å². The Morgan fingerprint density at radius 1 is 1.25 bits per heavy atom. The fourth-order valence-corrected chi connectivity index (χ4v) is 3.97. The molecule has 5 N–H and O–H groups in total. The highest BCUT2D eigenvalue weighted by Gasteiger charge is 2.24. The van der Waals surface area contributed by atoms with E-state index in [1.165, 1.54) is 12.4 Å². The van der Waals surface area contributed by atoms with E-state index in [-0.39, 0.29) is 23.4 Å². The van der Waals surface area contributed by atoms with E-state index in [9.17, 15) is 14.4 Å². The van der Waals surface area contributed by atoms with E-state index in [0.717, 1.165) is 31.6 Å². The number of nitrogens with zero attached hydrogens (tertiary/aromatic N) is 4. The van der Waals surface area contributed by atoms with Gasteiger partial charge in [-0.15, -0.1) is 0 Å². The third kappa shape index (κ3) is 8.03. The highest BCUT2D eigenvalue weighted by atomic mass is 19.1. The zero-order valence-corrected chi connectivity index (χ0v) is 20.9. The molecule has 1 saturated heterocycles. The van der Waals surface area contributed by atoms with Crippen LogP contribution in [0.1, 0.15) is 37.9 Å². The fraction of sp³-hybridized carbons (Fsp3) is 0.520. The zero-order chi connectivity index (χ0) is 25.9. The van der Waals surface area contributed by atoms with E-state index < -0.39 is 5.82 Å². The number of nitrogens with one attached hydrogen (secondary N) is 3. The number of carbonyl (C=O) groups excluding carboxylic acids is 1. The van der Waals surface area contributed by atoms with Crippen molar-refractivity contribution >= 4 is 23.3 Å². The van der Waals surface area contributed by atoms with Crippen molar-refractivity contribution in [2.24, 2.45) is 11.7 Å². The molecule has 0 aliphatic carbocycles. The van der Waals surface area contributed by atoms with Crippen LogP contribution in [0.25, 0.3) is 0 Å². The lowest BCUT2D eigenvalue weighted by molar-refractivity contribution is 0.0653. The van der Waals surface area contributed by atoms with Gasteiger partial charge in [-0.1, -0.05) is 0 Å². The number of anilines is 3. The second-order valence-corrected chi connectivity index (χ2v) is 9.04. The Kier molecular flexibility index (Phi) is 10.2. The third-order valence-corrected chi connectivity index (χ3v) is 5.87. The van der Waals surface area contributed by atoms with Gasteiger partial charge in [-0.3, -0.25) is 0 Å². The molecule has 1 amide bonds. The largest absolute Gasteiger partial charge is 0.447 e. The van der Waals surface area contributed by atoms with Gasteiger partial charge >= 0.3 is 6.09 Å². The van der Waals surface area contributed by atoms with Crippen LogP contribution in [0.4, 0.5) is 26.4 Å². The first-order valence-electron chi connectivity index (χ1n) is 12.3. The van der Waals surface area contributed by atoms with E-state index in [4.69, 9.17) is 10.5 Å². The van der Waals surface area contributed by atoms with Gasteiger partial charge in [-0.25, -0.2) is 19.2 Å². The Morgan fingerprint density at radius 3 is 2.72 bits per heavy atom. The summed E-state index contributed by atoms with van der Waals surface area (Å²) in [6.45, 7) is 7.61. The predicted molar refractivity (Wildman–Crippen MR) is 136 cm³/mol. The van der Waals surface area contributed by atoms with E-state index in [1.54, 1.807) is 17.0 Å². The lowest BCUT2D eigenvalue weighted by Gasteiger charge is -2.31. The lowest BCUT2D eigenvalue weighted by Crippen LogP contribution is -2.41. The number of amides is 1. The Bertz CT molecular complexity index is 1050.